The van der Waals surface area contributed by atoms with Crippen LogP contribution < -0.4 is 0 Å². The topological polar surface area (TPSA) is 6.48 Å². The third-order valence-electron chi connectivity index (χ3n) is 5.51. The van der Waals surface area contributed by atoms with E-state index in [2.05, 4.69) is 47.2 Å². The molecule has 4 heteroatoms. The first-order valence-corrected chi connectivity index (χ1v) is 9.35. The quantitative estimate of drug-likeness (QED) is 0.757. The molecule has 2 aromatic carbocycles. The van der Waals surface area contributed by atoms with Crippen LogP contribution in [0.4, 0.5) is 0 Å². The average Bonchev–Trinajstić information content (AvgIpc) is 2.98. The first kappa shape index (κ1) is 16.4. The van der Waals surface area contributed by atoms with E-state index in [1.807, 2.05) is 12.1 Å². The minimum Gasteiger partial charge on any atom is -0.304 e. The fourth-order valence-corrected chi connectivity index (χ4v) is 4.44. The molecule has 0 aromatic heterocycles. The minimum atomic E-state index is 0.403. The lowest BCUT2D eigenvalue weighted by molar-refractivity contribution is 0.110. The second-order valence-electron chi connectivity index (χ2n) is 6.95. The summed E-state index contributed by atoms with van der Waals surface area (Å²) >= 11 is 12.4. The number of rotatable bonds is 2. The van der Waals surface area contributed by atoms with Crippen LogP contribution in [0.15, 0.2) is 42.5 Å². The second-order valence-corrected chi connectivity index (χ2v) is 7.76. The van der Waals surface area contributed by atoms with Crippen LogP contribution in [-0.2, 0) is 0 Å². The van der Waals surface area contributed by atoms with Gasteiger partial charge in [-0.2, -0.15) is 0 Å². The van der Waals surface area contributed by atoms with Crippen molar-refractivity contribution in [3.05, 3.63) is 69.2 Å². The van der Waals surface area contributed by atoms with E-state index >= 15 is 0 Å². The number of benzene rings is 2. The van der Waals surface area contributed by atoms with Gasteiger partial charge in [0.1, 0.15) is 0 Å². The van der Waals surface area contributed by atoms with Crippen LogP contribution in [0.5, 0.6) is 0 Å². The van der Waals surface area contributed by atoms with Gasteiger partial charge >= 0.3 is 0 Å². The Hall–Kier alpha value is -1.06. The predicted octanol–water partition coefficient (Wildman–Crippen LogP) is 4.82. The average molecular weight is 361 g/mol. The zero-order valence-corrected chi connectivity index (χ0v) is 15.4. The number of piperazine rings is 1. The summed E-state index contributed by atoms with van der Waals surface area (Å²) in [6.07, 6.45) is 1.13. The van der Waals surface area contributed by atoms with Crippen LogP contribution in [0.25, 0.3) is 0 Å². The Morgan fingerprint density at radius 1 is 0.875 bits per heavy atom. The molecule has 4 rings (SSSR count). The molecule has 0 unspecified atom stereocenters. The maximum atomic E-state index is 6.27. The van der Waals surface area contributed by atoms with Gasteiger partial charge in [-0.05, 0) is 42.3 Å². The van der Waals surface area contributed by atoms with E-state index in [0.717, 1.165) is 32.6 Å². The first-order chi connectivity index (χ1) is 11.6. The van der Waals surface area contributed by atoms with E-state index in [4.69, 9.17) is 23.2 Å². The van der Waals surface area contributed by atoms with Gasteiger partial charge in [0.25, 0.3) is 0 Å². The Labute approximate surface area is 154 Å². The highest BCUT2D eigenvalue weighted by Crippen LogP contribution is 2.47. The first-order valence-electron chi connectivity index (χ1n) is 8.60. The maximum absolute atomic E-state index is 6.27. The number of hydrogen-bond acceptors (Lipinski definition) is 2. The molecule has 1 saturated heterocycles. The van der Waals surface area contributed by atoms with Gasteiger partial charge in [0.05, 0.1) is 10.0 Å². The van der Waals surface area contributed by atoms with E-state index in [-0.39, 0.29) is 0 Å². The minimum absolute atomic E-state index is 0.403. The van der Waals surface area contributed by atoms with Gasteiger partial charge < -0.3 is 4.90 Å². The molecular formula is C20H22Cl2N2. The van der Waals surface area contributed by atoms with Crippen molar-refractivity contribution >= 4 is 23.2 Å². The van der Waals surface area contributed by atoms with Crippen LogP contribution in [0.3, 0.4) is 0 Å². The summed E-state index contributed by atoms with van der Waals surface area (Å²) in [6.45, 7) is 4.58. The third kappa shape index (κ3) is 2.97. The highest BCUT2D eigenvalue weighted by molar-refractivity contribution is 6.42. The molecule has 0 radical (unpaired) electrons. The Balaban J connectivity index is 1.67. The summed E-state index contributed by atoms with van der Waals surface area (Å²) < 4.78 is 0. The Kier molecular flexibility index (Phi) is 4.57. The van der Waals surface area contributed by atoms with Crippen LogP contribution in [-0.4, -0.2) is 43.0 Å². The Bertz CT molecular complexity index is 738. The molecule has 1 fully saturated rings. The largest absolute Gasteiger partial charge is 0.304 e. The number of nitrogens with zero attached hydrogens (tertiary/aromatic N) is 2. The van der Waals surface area contributed by atoms with Crippen LogP contribution >= 0.6 is 23.2 Å². The molecule has 0 saturated carbocycles. The Morgan fingerprint density at radius 3 is 2.29 bits per heavy atom. The lowest BCUT2D eigenvalue weighted by Gasteiger charge is -2.37. The SMILES string of the molecule is CN1CCN([C@H]2C[C@@H](c3ccc(Cl)c(Cl)c3)c3ccccc32)CC1. The molecule has 0 amide bonds. The highest BCUT2D eigenvalue weighted by Gasteiger charge is 2.36. The molecule has 2 nitrogen and oxygen atoms in total. The van der Waals surface area contributed by atoms with Gasteiger partial charge in [-0.3, -0.25) is 4.90 Å². The summed E-state index contributed by atoms with van der Waals surface area (Å²) in [6, 6.07) is 15.5. The second kappa shape index (κ2) is 6.68. The molecule has 0 N–H and O–H groups in total. The van der Waals surface area contributed by atoms with E-state index in [1.54, 1.807) is 0 Å². The third-order valence-corrected chi connectivity index (χ3v) is 6.25. The fraction of sp³-hybridized carbons (Fsp3) is 0.400. The summed E-state index contributed by atoms with van der Waals surface area (Å²) in [5.74, 6) is 0.403. The van der Waals surface area contributed by atoms with Crippen LogP contribution in [0.1, 0.15) is 35.1 Å². The van der Waals surface area contributed by atoms with E-state index in [0.29, 0.717) is 22.0 Å². The maximum Gasteiger partial charge on any atom is 0.0595 e. The lowest BCUT2D eigenvalue weighted by atomic mass is 9.93. The monoisotopic (exact) mass is 360 g/mol. The fourth-order valence-electron chi connectivity index (χ4n) is 4.13. The molecule has 1 aliphatic heterocycles. The molecule has 126 valence electrons. The molecule has 1 heterocycles. The van der Waals surface area contributed by atoms with Gasteiger partial charge in [-0.15, -0.1) is 0 Å². The van der Waals surface area contributed by atoms with Gasteiger partial charge in [-0.1, -0.05) is 53.5 Å². The van der Waals surface area contributed by atoms with Crippen molar-refractivity contribution in [2.24, 2.45) is 0 Å². The summed E-state index contributed by atoms with van der Waals surface area (Å²) in [4.78, 5) is 5.06. The highest BCUT2D eigenvalue weighted by atomic mass is 35.5. The predicted molar refractivity (Wildman–Crippen MR) is 101 cm³/mol. The molecule has 1 aliphatic carbocycles. The summed E-state index contributed by atoms with van der Waals surface area (Å²) in [7, 11) is 2.21. The summed E-state index contributed by atoms with van der Waals surface area (Å²) in [5.41, 5.74) is 4.20. The van der Waals surface area contributed by atoms with Gasteiger partial charge in [0, 0.05) is 38.1 Å². The van der Waals surface area contributed by atoms with Crippen LogP contribution in [0.2, 0.25) is 10.0 Å². The lowest BCUT2D eigenvalue weighted by Crippen LogP contribution is -2.45. The van der Waals surface area contributed by atoms with Crippen molar-refractivity contribution in [3.8, 4) is 0 Å². The molecule has 2 aromatic rings. The number of hydrogen-bond donors (Lipinski definition) is 0. The number of likely N-dealkylation sites (N-methyl/N-ethyl adjacent to an activating group) is 1. The van der Waals surface area contributed by atoms with Crippen molar-refractivity contribution in [2.45, 2.75) is 18.4 Å². The molecule has 0 bridgehead atoms. The molecule has 0 spiro atoms. The zero-order chi connectivity index (χ0) is 16.7. The van der Waals surface area contributed by atoms with E-state index in [9.17, 15) is 0 Å². The van der Waals surface area contributed by atoms with Crippen molar-refractivity contribution in [2.75, 3.05) is 33.2 Å². The van der Waals surface area contributed by atoms with Gasteiger partial charge in [-0.25, -0.2) is 0 Å². The Morgan fingerprint density at radius 2 is 1.58 bits per heavy atom. The zero-order valence-electron chi connectivity index (χ0n) is 13.9. The number of fused-ring (bicyclic) bond motifs is 1. The van der Waals surface area contributed by atoms with Gasteiger partial charge in [0.15, 0.2) is 0 Å². The molecule has 24 heavy (non-hydrogen) atoms. The van der Waals surface area contributed by atoms with Crippen molar-refractivity contribution < 1.29 is 0 Å². The van der Waals surface area contributed by atoms with Crippen LogP contribution in [0, 0.1) is 0 Å². The standard InChI is InChI=1S/C20H22Cl2N2/c1-23-8-10-24(11-9-23)20-13-17(15-4-2-3-5-16(15)20)14-6-7-18(21)19(22)12-14/h2-7,12,17,20H,8-11,13H2,1H3/t17-,20-/m0/s1. The van der Waals surface area contributed by atoms with Gasteiger partial charge in [0.2, 0.25) is 0 Å². The van der Waals surface area contributed by atoms with E-state index < -0.39 is 0 Å². The number of halogens is 2. The molecular weight excluding hydrogens is 339 g/mol. The van der Waals surface area contributed by atoms with Crippen molar-refractivity contribution in [1.29, 1.82) is 0 Å². The van der Waals surface area contributed by atoms with Crippen molar-refractivity contribution in [3.63, 3.8) is 0 Å². The summed E-state index contributed by atoms with van der Waals surface area (Å²) in [5, 5.41) is 1.28. The molecule has 2 atom stereocenters. The van der Waals surface area contributed by atoms with Crippen molar-refractivity contribution in [1.82, 2.24) is 9.80 Å². The molecule has 2 aliphatic rings. The smallest absolute Gasteiger partial charge is 0.0595 e. The normalized spacial score (nSPS) is 25.0. The van der Waals surface area contributed by atoms with E-state index in [1.165, 1.54) is 16.7 Å².